The number of ether oxygens (including phenoxy) is 1. The molecule has 0 spiro atoms. The van der Waals surface area contributed by atoms with Crippen LogP contribution in [-0.2, 0) is 31.9 Å². The third kappa shape index (κ3) is 6.34. The van der Waals surface area contributed by atoms with Gasteiger partial charge < -0.3 is 19.1 Å². The molecule has 0 unspecified atom stereocenters. The van der Waals surface area contributed by atoms with E-state index in [0.717, 1.165) is 63.2 Å². The smallest absolute Gasteiger partial charge is 0.135 e. The van der Waals surface area contributed by atoms with Gasteiger partial charge in [-0.1, -0.05) is 130 Å². The summed E-state index contributed by atoms with van der Waals surface area (Å²) in [4.78, 5) is 9.52. The summed E-state index contributed by atoms with van der Waals surface area (Å²) in [6.45, 7) is 6.83. The molecule has 0 saturated heterocycles. The molecule has 3 aliphatic rings. The second-order valence-corrected chi connectivity index (χ2v) is 17.6. The van der Waals surface area contributed by atoms with Crippen molar-refractivity contribution in [2.24, 2.45) is 0 Å². The number of pyridine rings is 1. The Balaban J connectivity index is 0.00000444. The molecule has 1 aliphatic heterocycles. The van der Waals surface area contributed by atoms with Crippen LogP contribution in [0.5, 0.6) is 11.5 Å². The molecular formula is C57H45N4OPt-3. The molecule has 0 radical (unpaired) electrons. The van der Waals surface area contributed by atoms with Crippen molar-refractivity contribution < 1.29 is 25.8 Å². The number of anilines is 4. The summed E-state index contributed by atoms with van der Waals surface area (Å²) >= 11 is 0. The summed E-state index contributed by atoms with van der Waals surface area (Å²) in [5, 5.41) is 2.27. The van der Waals surface area contributed by atoms with Gasteiger partial charge in [0.15, 0.2) is 0 Å². The van der Waals surface area contributed by atoms with Gasteiger partial charge in [-0.05, 0) is 94.1 Å². The van der Waals surface area contributed by atoms with E-state index in [-0.39, 0.29) is 31.9 Å². The van der Waals surface area contributed by atoms with Crippen LogP contribution in [0.2, 0.25) is 0 Å². The van der Waals surface area contributed by atoms with Gasteiger partial charge >= 0.3 is 0 Å². The number of hydrogen-bond acceptors (Lipinski definition) is 4. The molecule has 9 aromatic rings. The van der Waals surface area contributed by atoms with E-state index in [0.29, 0.717) is 11.5 Å². The SMILES string of the molecule is CC1(C)c2ccccc2-c2ccc(N3[CH-]N(c4[c-]c(Oc5[c-]c6c(cc5)c5ccccc5n6-c5cc(C6(c7ccccc7)CCCCC6)ccn5)ccc4)c4ccccc43)cc21.[Pt]. The van der Waals surface area contributed by atoms with Gasteiger partial charge in [-0.25, -0.2) is 4.98 Å². The Bertz CT molecular complexity index is 3180. The molecule has 0 N–H and O–H groups in total. The molecule has 1 saturated carbocycles. The minimum absolute atomic E-state index is 0. The minimum atomic E-state index is -0.0879. The Morgan fingerprint density at radius 1 is 0.587 bits per heavy atom. The van der Waals surface area contributed by atoms with E-state index in [1.54, 1.807) is 0 Å². The molecule has 3 heterocycles. The van der Waals surface area contributed by atoms with Crippen LogP contribution in [0.3, 0.4) is 0 Å². The summed E-state index contributed by atoms with van der Waals surface area (Å²) < 4.78 is 8.93. The molecule has 6 heteroatoms. The van der Waals surface area contributed by atoms with Gasteiger partial charge in [0.05, 0.1) is 0 Å². The molecule has 2 aliphatic carbocycles. The van der Waals surface area contributed by atoms with Crippen molar-refractivity contribution in [1.29, 1.82) is 0 Å². The molecule has 7 aromatic carbocycles. The van der Waals surface area contributed by atoms with Crippen LogP contribution in [0.25, 0.3) is 38.8 Å². The third-order valence-corrected chi connectivity index (χ3v) is 13.8. The van der Waals surface area contributed by atoms with Gasteiger partial charge in [-0.15, -0.1) is 48.1 Å². The summed E-state index contributed by atoms with van der Waals surface area (Å²) in [5.74, 6) is 2.12. The molecule has 0 amide bonds. The Hall–Kier alpha value is -6.42. The van der Waals surface area contributed by atoms with Gasteiger partial charge in [0.1, 0.15) is 5.82 Å². The van der Waals surface area contributed by atoms with Crippen molar-refractivity contribution >= 4 is 44.6 Å². The number of aromatic nitrogens is 2. The zero-order valence-corrected chi connectivity index (χ0v) is 37.6. The van der Waals surface area contributed by atoms with Gasteiger partial charge in [-0.3, -0.25) is 0 Å². The maximum atomic E-state index is 6.67. The summed E-state index contributed by atoms with van der Waals surface area (Å²) in [7, 11) is 0. The Labute approximate surface area is 383 Å². The molecule has 312 valence electrons. The van der Waals surface area contributed by atoms with E-state index in [1.807, 2.05) is 24.4 Å². The van der Waals surface area contributed by atoms with Gasteiger partial charge in [0, 0.05) is 72.2 Å². The predicted molar refractivity (Wildman–Crippen MR) is 252 cm³/mol. The number of benzene rings is 7. The fraction of sp³-hybridized carbons (Fsp3) is 0.158. The molecule has 1 fully saturated rings. The zero-order valence-electron chi connectivity index (χ0n) is 35.3. The van der Waals surface area contributed by atoms with Crippen LogP contribution in [-0.4, -0.2) is 9.55 Å². The van der Waals surface area contributed by atoms with Crippen LogP contribution in [0.1, 0.15) is 68.2 Å². The maximum Gasteiger partial charge on any atom is 0.135 e. The average molecular weight is 997 g/mol. The third-order valence-electron chi connectivity index (χ3n) is 13.8. The van der Waals surface area contributed by atoms with Crippen molar-refractivity contribution in [3.63, 3.8) is 0 Å². The van der Waals surface area contributed by atoms with Crippen LogP contribution >= 0.6 is 0 Å². The number of rotatable bonds is 7. The number of hydrogen-bond donors (Lipinski definition) is 0. The first-order valence-electron chi connectivity index (χ1n) is 21.9. The molecule has 0 atom stereocenters. The maximum absolute atomic E-state index is 6.67. The number of para-hydroxylation sites is 3. The first-order valence-corrected chi connectivity index (χ1v) is 21.9. The van der Waals surface area contributed by atoms with Crippen molar-refractivity contribution in [3.8, 4) is 28.4 Å². The standard InChI is InChI=1S/C57H45N4O.Pt/c1-56(2)49-22-9-7-20-45(49)46-28-26-42(36-50(46)56)60-38-59(52-24-11-12-25-53(52)60)41-18-15-19-43(35-41)62-44-27-29-48-47-21-8-10-23-51(47)61(54(48)37-44)55-34-40(30-33-58-55)57(31-13-4-14-32-57)39-16-5-3-6-17-39;/h3,5-12,15-30,33-34,36,38H,4,13-14,31-32H2,1-2H3;/q-3;. The van der Waals surface area contributed by atoms with Gasteiger partial charge in [0.25, 0.3) is 0 Å². The molecule has 5 nitrogen and oxygen atoms in total. The van der Waals surface area contributed by atoms with Gasteiger partial charge in [0.2, 0.25) is 0 Å². The first-order chi connectivity index (χ1) is 30.5. The largest absolute Gasteiger partial charge is 0.509 e. The fourth-order valence-electron chi connectivity index (χ4n) is 10.8. The zero-order chi connectivity index (χ0) is 41.4. The van der Waals surface area contributed by atoms with E-state index < -0.39 is 0 Å². The topological polar surface area (TPSA) is 33.5 Å². The van der Waals surface area contributed by atoms with Crippen molar-refractivity contribution in [2.45, 2.75) is 56.8 Å². The molecule has 63 heavy (non-hydrogen) atoms. The van der Waals surface area contributed by atoms with Crippen LogP contribution in [0, 0.1) is 18.8 Å². The van der Waals surface area contributed by atoms with Crippen molar-refractivity contribution in [3.05, 3.63) is 211 Å². The monoisotopic (exact) mass is 996 g/mol. The first kappa shape index (κ1) is 39.4. The second kappa shape index (κ2) is 15.4. The number of fused-ring (bicyclic) bond motifs is 7. The fourth-order valence-corrected chi connectivity index (χ4v) is 10.8. The Morgan fingerprint density at radius 3 is 2.17 bits per heavy atom. The molecule has 0 bridgehead atoms. The quantitative estimate of drug-likeness (QED) is 0.149. The van der Waals surface area contributed by atoms with Crippen molar-refractivity contribution in [1.82, 2.24) is 9.55 Å². The van der Waals surface area contributed by atoms with E-state index in [4.69, 9.17) is 9.72 Å². The second-order valence-electron chi connectivity index (χ2n) is 17.6. The van der Waals surface area contributed by atoms with E-state index in [9.17, 15) is 0 Å². The summed E-state index contributed by atoms with van der Waals surface area (Å²) in [6, 6.07) is 66.0. The molecular weight excluding hydrogens is 952 g/mol. The average Bonchev–Trinajstić information content (AvgIpc) is 3.95. The Kier molecular flexibility index (Phi) is 9.66. The van der Waals surface area contributed by atoms with Crippen LogP contribution in [0.4, 0.5) is 22.7 Å². The van der Waals surface area contributed by atoms with Crippen LogP contribution < -0.4 is 14.5 Å². The Morgan fingerprint density at radius 2 is 1.32 bits per heavy atom. The summed E-state index contributed by atoms with van der Waals surface area (Å²) in [5.41, 5.74) is 14.2. The normalized spacial score (nSPS) is 15.8. The van der Waals surface area contributed by atoms with Gasteiger partial charge in [-0.2, -0.15) is 12.1 Å². The molecule has 2 aromatic heterocycles. The predicted octanol–water partition coefficient (Wildman–Crippen LogP) is 14.5. The summed E-state index contributed by atoms with van der Waals surface area (Å²) in [6.07, 6.45) is 7.98. The van der Waals surface area contributed by atoms with E-state index >= 15 is 0 Å². The number of nitrogens with zero attached hydrogens (tertiary/aromatic N) is 4. The van der Waals surface area contributed by atoms with Crippen molar-refractivity contribution in [2.75, 3.05) is 9.80 Å². The molecule has 12 rings (SSSR count). The minimum Gasteiger partial charge on any atom is -0.509 e. The van der Waals surface area contributed by atoms with Crippen LogP contribution in [0.15, 0.2) is 170 Å². The van der Waals surface area contributed by atoms with E-state index in [2.05, 4.69) is 193 Å². The van der Waals surface area contributed by atoms with E-state index in [1.165, 1.54) is 52.6 Å².